The van der Waals surface area contributed by atoms with Crippen LogP contribution in [0, 0.1) is 3.57 Å². The van der Waals surface area contributed by atoms with E-state index in [1.165, 1.54) is 9.13 Å². The number of likely N-dealkylation sites (N-methyl/N-ethyl adjacent to an activating group) is 1. The fourth-order valence-corrected chi connectivity index (χ4v) is 2.47. The summed E-state index contributed by atoms with van der Waals surface area (Å²) in [5, 5.41) is 4.21. The maximum atomic E-state index is 6.05. The summed E-state index contributed by atoms with van der Waals surface area (Å²) >= 11 is 8.39. The van der Waals surface area contributed by atoms with Crippen LogP contribution >= 0.6 is 34.2 Å². The average molecular weight is 368 g/mol. The van der Waals surface area contributed by atoms with Crippen molar-refractivity contribution in [3.63, 3.8) is 0 Å². The van der Waals surface area contributed by atoms with E-state index >= 15 is 0 Å². The molecule has 96 valence electrons. The molecular weight excluding hydrogens is 349 g/mol. The van der Waals surface area contributed by atoms with Crippen molar-refractivity contribution in [1.29, 1.82) is 0 Å². The van der Waals surface area contributed by atoms with Crippen LogP contribution in [0.4, 0.5) is 0 Å². The maximum Gasteiger partial charge on any atom is 0.0665 e. The molecule has 0 aliphatic rings. The lowest BCUT2D eigenvalue weighted by molar-refractivity contribution is 0.0613. The molecule has 0 aromatic heterocycles. The summed E-state index contributed by atoms with van der Waals surface area (Å²) in [4.78, 5) is 0. The van der Waals surface area contributed by atoms with Gasteiger partial charge in [-0.2, -0.15) is 0 Å². The molecule has 0 fully saturated rings. The van der Waals surface area contributed by atoms with Gasteiger partial charge in [0.2, 0.25) is 0 Å². The zero-order chi connectivity index (χ0) is 12.8. The van der Waals surface area contributed by atoms with Gasteiger partial charge in [0.1, 0.15) is 0 Å². The Morgan fingerprint density at radius 1 is 1.41 bits per heavy atom. The number of hydrogen-bond donors (Lipinski definition) is 1. The zero-order valence-corrected chi connectivity index (χ0v) is 13.4. The van der Waals surface area contributed by atoms with Gasteiger partial charge < -0.3 is 10.1 Å². The van der Waals surface area contributed by atoms with E-state index < -0.39 is 0 Å². The fourth-order valence-electron chi connectivity index (χ4n) is 1.58. The van der Waals surface area contributed by atoms with Crippen molar-refractivity contribution in [2.75, 3.05) is 13.2 Å². The quantitative estimate of drug-likeness (QED) is 0.767. The van der Waals surface area contributed by atoms with Crippen LogP contribution in [0.1, 0.15) is 32.4 Å². The molecule has 17 heavy (non-hydrogen) atoms. The lowest BCUT2D eigenvalue weighted by Crippen LogP contribution is -2.27. The van der Waals surface area contributed by atoms with Crippen LogP contribution in [-0.4, -0.2) is 19.3 Å². The highest BCUT2D eigenvalue weighted by molar-refractivity contribution is 14.1. The van der Waals surface area contributed by atoms with Gasteiger partial charge in [0, 0.05) is 8.59 Å². The zero-order valence-electron chi connectivity index (χ0n) is 10.5. The van der Waals surface area contributed by atoms with Crippen molar-refractivity contribution in [1.82, 2.24) is 5.32 Å². The molecule has 2 nitrogen and oxygen atoms in total. The summed E-state index contributed by atoms with van der Waals surface area (Å²) in [5.41, 5.74) is 1.21. The molecule has 1 N–H and O–H groups in total. The summed E-state index contributed by atoms with van der Waals surface area (Å²) in [6, 6.07) is 6.17. The molecule has 0 saturated heterocycles. The van der Waals surface area contributed by atoms with Crippen LogP contribution in [0.15, 0.2) is 18.2 Å². The molecule has 0 radical (unpaired) electrons. The molecule has 1 rings (SSSR count). The van der Waals surface area contributed by atoms with Gasteiger partial charge >= 0.3 is 0 Å². The predicted molar refractivity (Wildman–Crippen MR) is 81.7 cm³/mol. The standard InChI is InChI=1S/C13H19ClINO/c1-4-16-13(8-17-9(2)3)11-7-10(14)5-6-12(11)15/h5-7,9,13,16H,4,8H2,1-3H3. The fraction of sp³-hybridized carbons (Fsp3) is 0.538. The van der Waals surface area contributed by atoms with Crippen molar-refractivity contribution in [2.24, 2.45) is 0 Å². The minimum Gasteiger partial charge on any atom is -0.377 e. The Kier molecular flexibility index (Phi) is 6.77. The number of halogens is 2. The lowest BCUT2D eigenvalue weighted by Gasteiger charge is -2.21. The van der Waals surface area contributed by atoms with Crippen LogP contribution in [0.5, 0.6) is 0 Å². The van der Waals surface area contributed by atoms with Gasteiger partial charge in [0.05, 0.1) is 18.8 Å². The van der Waals surface area contributed by atoms with E-state index in [-0.39, 0.29) is 12.1 Å². The van der Waals surface area contributed by atoms with Crippen LogP contribution in [0.3, 0.4) is 0 Å². The minimum atomic E-state index is 0.202. The van der Waals surface area contributed by atoms with Gasteiger partial charge in [0.15, 0.2) is 0 Å². The van der Waals surface area contributed by atoms with E-state index in [4.69, 9.17) is 16.3 Å². The topological polar surface area (TPSA) is 21.3 Å². The Bertz CT molecular complexity index is 357. The third-order valence-electron chi connectivity index (χ3n) is 2.38. The molecule has 0 saturated carbocycles. The highest BCUT2D eigenvalue weighted by atomic mass is 127. The lowest BCUT2D eigenvalue weighted by atomic mass is 10.1. The Morgan fingerprint density at radius 3 is 2.71 bits per heavy atom. The molecule has 1 aromatic carbocycles. The molecule has 0 heterocycles. The van der Waals surface area contributed by atoms with Crippen molar-refractivity contribution < 1.29 is 4.74 Å². The van der Waals surface area contributed by atoms with Gasteiger partial charge in [-0.1, -0.05) is 18.5 Å². The third kappa shape index (κ3) is 5.12. The summed E-state index contributed by atoms with van der Waals surface area (Å²) in [5.74, 6) is 0. The normalized spacial score (nSPS) is 13.1. The van der Waals surface area contributed by atoms with E-state index in [1.54, 1.807) is 0 Å². The number of ether oxygens (including phenoxy) is 1. The van der Waals surface area contributed by atoms with E-state index in [0.29, 0.717) is 6.61 Å². The predicted octanol–water partition coefficient (Wildman–Crippen LogP) is 4.02. The van der Waals surface area contributed by atoms with Gasteiger partial charge in [-0.15, -0.1) is 0 Å². The van der Waals surface area contributed by atoms with Crippen molar-refractivity contribution in [2.45, 2.75) is 32.9 Å². The second-order valence-electron chi connectivity index (χ2n) is 4.16. The average Bonchev–Trinajstić information content (AvgIpc) is 2.27. The Morgan fingerprint density at radius 2 is 2.12 bits per heavy atom. The molecule has 0 spiro atoms. The monoisotopic (exact) mass is 367 g/mol. The first-order valence-corrected chi connectivity index (χ1v) is 7.30. The first-order valence-electron chi connectivity index (χ1n) is 5.84. The van der Waals surface area contributed by atoms with Gasteiger partial charge in [0.25, 0.3) is 0 Å². The smallest absolute Gasteiger partial charge is 0.0665 e. The molecule has 0 aliphatic heterocycles. The Balaban J connectivity index is 2.84. The molecule has 1 aromatic rings. The highest BCUT2D eigenvalue weighted by Crippen LogP contribution is 2.24. The maximum absolute atomic E-state index is 6.05. The third-order valence-corrected chi connectivity index (χ3v) is 3.60. The van der Waals surface area contributed by atoms with Crippen LogP contribution in [0.25, 0.3) is 0 Å². The largest absolute Gasteiger partial charge is 0.377 e. The Hall–Kier alpha value is 0.160. The summed E-state index contributed by atoms with van der Waals surface area (Å²) in [6.45, 7) is 7.77. The van der Waals surface area contributed by atoms with Gasteiger partial charge in [-0.3, -0.25) is 0 Å². The summed E-state index contributed by atoms with van der Waals surface area (Å²) in [6.07, 6.45) is 0.244. The molecule has 0 aliphatic carbocycles. The number of hydrogen-bond acceptors (Lipinski definition) is 2. The highest BCUT2D eigenvalue weighted by Gasteiger charge is 2.14. The minimum absolute atomic E-state index is 0.202. The number of benzene rings is 1. The molecule has 4 heteroatoms. The van der Waals surface area contributed by atoms with Crippen LogP contribution in [0.2, 0.25) is 5.02 Å². The van der Waals surface area contributed by atoms with Gasteiger partial charge in [-0.25, -0.2) is 0 Å². The van der Waals surface area contributed by atoms with Crippen LogP contribution in [-0.2, 0) is 4.74 Å². The molecular formula is C13H19ClINO. The van der Waals surface area contributed by atoms with Gasteiger partial charge in [-0.05, 0) is 66.7 Å². The van der Waals surface area contributed by atoms with E-state index in [1.807, 2.05) is 32.0 Å². The Labute approximate surface area is 122 Å². The van der Waals surface area contributed by atoms with E-state index in [9.17, 15) is 0 Å². The SMILES string of the molecule is CCNC(COC(C)C)c1cc(Cl)ccc1I. The summed E-state index contributed by atoms with van der Waals surface area (Å²) in [7, 11) is 0. The van der Waals surface area contributed by atoms with Crippen LogP contribution < -0.4 is 5.32 Å². The molecule has 1 unspecified atom stereocenters. The second kappa shape index (κ2) is 7.56. The number of nitrogens with one attached hydrogen (secondary N) is 1. The second-order valence-corrected chi connectivity index (χ2v) is 5.76. The van der Waals surface area contributed by atoms with Crippen molar-refractivity contribution in [3.8, 4) is 0 Å². The van der Waals surface area contributed by atoms with Crippen molar-refractivity contribution in [3.05, 3.63) is 32.4 Å². The molecule has 0 bridgehead atoms. The first kappa shape index (κ1) is 15.2. The molecule has 0 amide bonds. The van der Waals surface area contributed by atoms with E-state index in [0.717, 1.165) is 11.6 Å². The van der Waals surface area contributed by atoms with Crippen molar-refractivity contribution >= 4 is 34.2 Å². The molecule has 1 atom stereocenters. The summed E-state index contributed by atoms with van der Waals surface area (Å²) < 4.78 is 6.91. The first-order chi connectivity index (χ1) is 8.04. The number of rotatable bonds is 6. The van der Waals surface area contributed by atoms with E-state index in [2.05, 4.69) is 34.8 Å².